The molecule has 16 heavy (non-hydrogen) atoms. The van der Waals surface area contributed by atoms with Crippen LogP contribution in [-0.4, -0.2) is 13.1 Å². The molecule has 2 rings (SSSR count). The van der Waals surface area contributed by atoms with Gasteiger partial charge in [-0.3, -0.25) is 0 Å². The Bertz CT molecular complexity index is 333. The van der Waals surface area contributed by atoms with E-state index in [9.17, 15) is 4.39 Å². The SMILES string of the molecule is CNC(CCC1CC1)Cc1ccccc1F. The summed E-state index contributed by atoms with van der Waals surface area (Å²) in [7, 11) is 1.97. The zero-order valence-corrected chi connectivity index (χ0v) is 9.88. The van der Waals surface area contributed by atoms with Gasteiger partial charge >= 0.3 is 0 Å². The molecule has 0 heterocycles. The normalized spacial score (nSPS) is 17.4. The van der Waals surface area contributed by atoms with Crippen molar-refractivity contribution in [3.05, 3.63) is 35.6 Å². The monoisotopic (exact) mass is 221 g/mol. The van der Waals surface area contributed by atoms with Gasteiger partial charge in [0.2, 0.25) is 0 Å². The molecular formula is C14H20FN. The molecule has 1 aromatic rings. The van der Waals surface area contributed by atoms with Gasteiger partial charge in [-0.1, -0.05) is 31.0 Å². The van der Waals surface area contributed by atoms with E-state index in [1.165, 1.54) is 19.3 Å². The molecule has 0 aliphatic heterocycles. The topological polar surface area (TPSA) is 12.0 Å². The zero-order chi connectivity index (χ0) is 11.4. The molecule has 1 saturated carbocycles. The summed E-state index contributed by atoms with van der Waals surface area (Å²) in [5.74, 6) is 0.880. The third-order valence-electron chi connectivity index (χ3n) is 3.45. The number of nitrogens with one attached hydrogen (secondary N) is 1. The third-order valence-corrected chi connectivity index (χ3v) is 3.45. The summed E-state index contributed by atoms with van der Waals surface area (Å²) in [6.45, 7) is 0. The van der Waals surface area contributed by atoms with Crippen molar-refractivity contribution < 1.29 is 4.39 Å². The van der Waals surface area contributed by atoms with Gasteiger partial charge in [0.25, 0.3) is 0 Å². The van der Waals surface area contributed by atoms with E-state index in [4.69, 9.17) is 0 Å². The Morgan fingerprint density at radius 2 is 2.12 bits per heavy atom. The minimum Gasteiger partial charge on any atom is -0.317 e. The minimum atomic E-state index is -0.0748. The smallest absolute Gasteiger partial charge is 0.126 e. The van der Waals surface area contributed by atoms with E-state index in [1.807, 2.05) is 19.2 Å². The van der Waals surface area contributed by atoms with E-state index in [2.05, 4.69) is 5.32 Å². The van der Waals surface area contributed by atoms with Crippen molar-refractivity contribution in [2.45, 2.75) is 38.1 Å². The zero-order valence-electron chi connectivity index (χ0n) is 9.88. The second kappa shape index (κ2) is 5.44. The minimum absolute atomic E-state index is 0.0748. The highest BCUT2D eigenvalue weighted by Crippen LogP contribution is 2.34. The maximum Gasteiger partial charge on any atom is 0.126 e. The van der Waals surface area contributed by atoms with Crippen molar-refractivity contribution in [3.63, 3.8) is 0 Å². The molecule has 1 aliphatic carbocycles. The molecule has 1 unspecified atom stereocenters. The van der Waals surface area contributed by atoms with E-state index in [0.717, 1.165) is 24.3 Å². The molecule has 0 amide bonds. The van der Waals surface area contributed by atoms with Gasteiger partial charge in [0.15, 0.2) is 0 Å². The predicted molar refractivity (Wildman–Crippen MR) is 64.9 cm³/mol. The molecule has 0 aromatic heterocycles. The molecule has 0 spiro atoms. The van der Waals surface area contributed by atoms with Crippen molar-refractivity contribution in [1.29, 1.82) is 0 Å². The fourth-order valence-electron chi connectivity index (χ4n) is 2.12. The lowest BCUT2D eigenvalue weighted by Gasteiger charge is -2.16. The van der Waals surface area contributed by atoms with Crippen LogP contribution in [0.25, 0.3) is 0 Å². The van der Waals surface area contributed by atoms with Crippen LogP contribution in [0.4, 0.5) is 4.39 Å². The van der Waals surface area contributed by atoms with E-state index in [-0.39, 0.29) is 5.82 Å². The van der Waals surface area contributed by atoms with Crippen LogP contribution in [0, 0.1) is 11.7 Å². The molecule has 0 saturated heterocycles. The van der Waals surface area contributed by atoms with Crippen molar-refractivity contribution >= 4 is 0 Å². The standard InChI is InChI=1S/C14H20FN/c1-16-13(9-8-11-6-7-11)10-12-4-2-3-5-14(12)15/h2-5,11,13,16H,6-10H2,1H3. The Hall–Kier alpha value is -0.890. The average Bonchev–Trinajstić information content (AvgIpc) is 3.10. The second-order valence-corrected chi connectivity index (χ2v) is 4.80. The van der Waals surface area contributed by atoms with E-state index in [0.29, 0.717) is 6.04 Å². The van der Waals surface area contributed by atoms with Crippen LogP contribution in [-0.2, 0) is 6.42 Å². The van der Waals surface area contributed by atoms with Gasteiger partial charge in [0.1, 0.15) is 5.82 Å². The van der Waals surface area contributed by atoms with E-state index >= 15 is 0 Å². The summed E-state index contributed by atoms with van der Waals surface area (Å²) in [6.07, 6.45) is 6.05. The summed E-state index contributed by atoms with van der Waals surface area (Å²) < 4.78 is 13.5. The fourth-order valence-corrected chi connectivity index (χ4v) is 2.12. The Balaban J connectivity index is 1.87. The maximum absolute atomic E-state index is 13.5. The number of hydrogen-bond donors (Lipinski definition) is 1. The lowest BCUT2D eigenvalue weighted by molar-refractivity contribution is 0.475. The highest BCUT2D eigenvalue weighted by molar-refractivity contribution is 5.18. The van der Waals surface area contributed by atoms with Gasteiger partial charge < -0.3 is 5.32 Å². The molecule has 1 fully saturated rings. The van der Waals surface area contributed by atoms with Crippen LogP contribution >= 0.6 is 0 Å². The molecule has 1 nitrogen and oxygen atoms in total. The first-order chi connectivity index (χ1) is 7.79. The van der Waals surface area contributed by atoms with Gasteiger partial charge in [-0.15, -0.1) is 0 Å². The maximum atomic E-state index is 13.5. The molecule has 88 valence electrons. The van der Waals surface area contributed by atoms with Crippen LogP contribution in [0.5, 0.6) is 0 Å². The highest BCUT2D eigenvalue weighted by atomic mass is 19.1. The van der Waals surface area contributed by atoms with Crippen LogP contribution in [0.15, 0.2) is 24.3 Å². The van der Waals surface area contributed by atoms with Crippen LogP contribution in [0.3, 0.4) is 0 Å². The van der Waals surface area contributed by atoms with Gasteiger partial charge in [0, 0.05) is 6.04 Å². The summed E-state index contributed by atoms with van der Waals surface area (Å²) in [5, 5.41) is 3.29. The summed E-state index contributed by atoms with van der Waals surface area (Å²) >= 11 is 0. The first kappa shape index (κ1) is 11.6. The quantitative estimate of drug-likeness (QED) is 0.778. The van der Waals surface area contributed by atoms with E-state index in [1.54, 1.807) is 12.1 Å². The number of likely N-dealkylation sites (N-methyl/N-ethyl adjacent to an activating group) is 1. The Morgan fingerprint density at radius 3 is 2.75 bits per heavy atom. The van der Waals surface area contributed by atoms with Crippen LogP contribution < -0.4 is 5.32 Å². The van der Waals surface area contributed by atoms with Gasteiger partial charge in [-0.2, -0.15) is 0 Å². The molecule has 2 heteroatoms. The number of benzene rings is 1. The van der Waals surface area contributed by atoms with Crippen LogP contribution in [0.1, 0.15) is 31.2 Å². The van der Waals surface area contributed by atoms with Crippen molar-refractivity contribution in [2.75, 3.05) is 7.05 Å². The van der Waals surface area contributed by atoms with Gasteiger partial charge in [-0.25, -0.2) is 4.39 Å². The lowest BCUT2D eigenvalue weighted by atomic mass is 10.0. The molecular weight excluding hydrogens is 201 g/mol. The molecule has 0 bridgehead atoms. The van der Waals surface area contributed by atoms with Gasteiger partial charge in [0.05, 0.1) is 0 Å². The molecule has 1 atom stereocenters. The summed E-state index contributed by atoms with van der Waals surface area (Å²) in [6, 6.07) is 7.50. The van der Waals surface area contributed by atoms with Crippen molar-refractivity contribution in [1.82, 2.24) is 5.32 Å². The molecule has 1 aliphatic rings. The fraction of sp³-hybridized carbons (Fsp3) is 0.571. The Labute approximate surface area is 97.1 Å². The predicted octanol–water partition coefficient (Wildman–Crippen LogP) is 3.15. The van der Waals surface area contributed by atoms with Crippen LogP contribution in [0.2, 0.25) is 0 Å². The number of halogens is 1. The highest BCUT2D eigenvalue weighted by Gasteiger charge is 2.22. The number of hydrogen-bond acceptors (Lipinski definition) is 1. The molecule has 1 N–H and O–H groups in total. The second-order valence-electron chi connectivity index (χ2n) is 4.80. The largest absolute Gasteiger partial charge is 0.317 e. The average molecular weight is 221 g/mol. The first-order valence-corrected chi connectivity index (χ1v) is 6.20. The Morgan fingerprint density at radius 1 is 1.38 bits per heavy atom. The van der Waals surface area contributed by atoms with E-state index < -0.39 is 0 Å². The lowest BCUT2D eigenvalue weighted by Crippen LogP contribution is -2.28. The molecule has 1 aromatic carbocycles. The number of rotatable bonds is 6. The third kappa shape index (κ3) is 3.31. The van der Waals surface area contributed by atoms with Crippen molar-refractivity contribution in [2.24, 2.45) is 5.92 Å². The summed E-state index contributed by atoms with van der Waals surface area (Å²) in [5.41, 5.74) is 0.831. The van der Waals surface area contributed by atoms with Gasteiger partial charge in [-0.05, 0) is 43.9 Å². The summed E-state index contributed by atoms with van der Waals surface area (Å²) in [4.78, 5) is 0. The molecule has 0 radical (unpaired) electrons. The Kier molecular flexibility index (Phi) is 3.94. The van der Waals surface area contributed by atoms with Crippen molar-refractivity contribution in [3.8, 4) is 0 Å². The first-order valence-electron chi connectivity index (χ1n) is 6.20.